The van der Waals surface area contributed by atoms with Crippen LogP contribution in [0, 0.1) is 0 Å². The normalized spacial score (nSPS) is 10.1. The SMILES string of the molecule is CCCCCOC(=O)CCCC(=O)OCCOc1ccccc1. The number of rotatable bonds is 12. The summed E-state index contributed by atoms with van der Waals surface area (Å²) in [5, 5.41) is 0. The predicted octanol–water partition coefficient (Wildman–Crippen LogP) is 3.51. The van der Waals surface area contributed by atoms with Crippen molar-refractivity contribution in [1.29, 1.82) is 0 Å². The molecule has 0 N–H and O–H groups in total. The highest BCUT2D eigenvalue weighted by atomic mass is 16.6. The van der Waals surface area contributed by atoms with E-state index in [0.29, 0.717) is 19.6 Å². The number of carbonyl (C=O) groups is 2. The van der Waals surface area contributed by atoms with Gasteiger partial charge in [-0.25, -0.2) is 0 Å². The molecule has 0 aliphatic carbocycles. The summed E-state index contributed by atoms with van der Waals surface area (Å²) in [5.41, 5.74) is 0. The van der Waals surface area contributed by atoms with Crippen molar-refractivity contribution in [3.63, 3.8) is 0 Å². The maximum atomic E-state index is 11.5. The van der Waals surface area contributed by atoms with Crippen molar-refractivity contribution in [3.05, 3.63) is 30.3 Å². The summed E-state index contributed by atoms with van der Waals surface area (Å²) in [5.74, 6) is 0.177. The van der Waals surface area contributed by atoms with Gasteiger partial charge in [-0.15, -0.1) is 0 Å². The van der Waals surface area contributed by atoms with Gasteiger partial charge in [0.25, 0.3) is 0 Å². The first-order valence-corrected chi connectivity index (χ1v) is 8.21. The number of benzene rings is 1. The smallest absolute Gasteiger partial charge is 0.305 e. The van der Waals surface area contributed by atoms with Crippen LogP contribution in [0.3, 0.4) is 0 Å². The van der Waals surface area contributed by atoms with E-state index >= 15 is 0 Å². The van der Waals surface area contributed by atoms with Crippen LogP contribution in [0.25, 0.3) is 0 Å². The van der Waals surface area contributed by atoms with Crippen molar-refractivity contribution in [1.82, 2.24) is 0 Å². The molecule has 0 atom stereocenters. The van der Waals surface area contributed by atoms with Gasteiger partial charge < -0.3 is 14.2 Å². The molecule has 5 nitrogen and oxygen atoms in total. The van der Waals surface area contributed by atoms with E-state index in [4.69, 9.17) is 14.2 Å². The Hall–Kier alpha value is -2.04. The van der Waals surface area contributed by atoms with Gasteiger partial charge in [0.15, 0.2) is 0 Å². The molecule has 0 bridgehead atoms. The summed E-state index contributed by atoms with van der Waals surface area (Å²) in [6.07, 6.45) is 3.97. The van der Waals surface area contributed by atoms with E-state index in [9.17, 15) is 9.59 Å². The van der Waals surface area contributed by atoms with Crippen molar-refractivity contribution in [2.45, 2.75) is 45.4 Å². The minimum atomic E-state index is -0.319. The quantitative estimate of drug-likeness (QED) is 0.435. The lowest BCUT2D eigenvalue weighted by molar-refractivity contribution is -0.145. The molecule has 23 heavy (non-hydrogen) atoms. The monoisotopic (exact) mass is 322 g/mol. The molecule has 0 spiro atoms. The molecule has 0 aliphatic heterocycles. The van der Waals surface area contributed by atoms with Crippen LogP contribution in [0.1, 0.15) is 45.4 Å². The summed E-state index contributed by atoms with van der Waals surface area (Å²) in [7, 11) is 0. The molecule has 1 rings (SSSR count). The fourth-order valence-corrected chi connectivity index (χ4v) is 1.89. The maximum absolute atomic E-state index is 11.5. The van der Waals surface area contributed by atoms with Gasteiger partial charge in [-0.3, -0.25) is 9.59 Å². The van der Waals surface area contributed by atoms with Crippen LogP contribution < -0.4 is 4.74 Å². The number of hydrogen-bond acceptors (Lipinski definition) is 5. The van der Waals surface area contributed by atoms with Gasteiger partial charge >= 0.3 is 11.9 Å². The van der Waals surface area contributed by atoms with Gasteiger partial charge in [0.2, 0.25) is 0 Å². The highest BCUT2D eigenvalue weighted by Crippen LogP contribution is 2.08. The zero-order valence-corrected chi connectivity index (χ0v) is 13.8. The molecule has 0 amide bonds. The Labute approximate surface area is 137 Å². The van der Waals surface area contributed by atoms with Gasteiger partial charge in [-0.2, -0.15) is 0 Å². The first kappa shape index (κ1) is 19.0. The molecule has 0 aromatic heterocycles. The standard InChI is InChI=1S/C18H26O5/c1-2-3-7-13-22-17(19)11-8-12-18(20)23-15-14-21-16-9-5-4-6-10-16/h4-6,9-10H,2-3,7-8,11-15H2,1H3. The lowest BCUT2D eigenvalue weighted by Crippen LogP contribution is -2.13. The fourth-order valence-electron chi connectivity index (χ4n) is 1.89. The molecule has 128 valence electrons. The number of esters is 2. The average Bonchev–Trinajstić information content (AvgIpc) is 2.56. The molecular weight excluding hydrogens is 296 g/mol. The lowest BCUT2D eigenvalue weighted by Gasteiger charge is -2.07. The van der Waals surface area contributed by atoms with E-state index < -0.39 is 0 Å². The highest BCUT2D eigenvalue weighted by molar-refractivity contribution is 5.72. The summed E-state index contributed by atoms with van der Waals surface area (Å²) in [6.45, 7) is 3.08. The van der Waals surface area contributed by atoms with Gasteiger partial charge in [-0.05, 0) is 25.0 Å². The van der Waals surface area contributed by atoms with E-state index in [0.717, 1.165) is 25.0 Å². The third-order valence-electron chi connectivity index (χ3n) is 3.13. The minimum Gasteiger partial charge on any atom is -0.490 e. The van der Waals surface area contributed by atoms with Crippen LogP contribution in [-0.2, 0) is 19.1 Å². The molecule has 0 saturated heterocycles. The van der Waals surface area contributed by atoms with Crippen LogP contribution >= 0.6 is 0 Å². The highest BCUT2D eigenvalue weighted by Gasteiger charge is 2.07. The Morgan fingerprint density at radius 1 is 0.826 bits per heavy atom. The predicted molar refractivity (Wildman–Crippen MR) is 87.2 cm³/mol. The van der Waals surface area contributed by atoms with Gasteiger partial charge in [0.05, 0.1) is 6.61 Å². The molecule has 0 heterocycles. The van der Waals surface area contributed by atoms with Crippen molar-refractivity contribution in [3.8, 4) is 5.75 Å². The Balaban J connectivity index is 1.96. The molecule has 0 fully saturated rings. The lowest BCUT2D eigenvalue weighted by atomic mass is 10.2. The molecule has 0 saturated carbocycles. The third-order valence-corrected chi connectivity index (χ3v) is 3.13. The van der Waals surface area contributed by atoms with Crippen LogP contribution in [0.5, 0.6) is 5.75 Å². The Morgan fingerprint density at radius 3 is 2.13 bits per heavy atom. The minimum absolute atomic E-state index is 0.204. The van der Waals surface area contributed by atoms with Crippen LogP contribution in [0.2, 0.25) is 0 Å². The summed E-state index contributed by atoms with van der Waals surface area (Å²) >= 11 is 0. The van der Waals surface area contributed by atoms with Gasteiger partial charge in [0, 0.05) is 12.8 Å². The number of carbonyl (C=O) groups excluding carboxylic acids is 2. The second-order valence-electron chi connectivity index (χ2n) is 5.16. The number of unbranched alkanes of at least 4 members (excludes halogenated alkanes) is 2. The van der Waals surface area contributed by atoms with Crippen LogP contribution in [0.4, 0.5) is 0 Å². The number of para-hydroxylation sites is 1. The zero-order chi connectivity index (χ0) is 16.8. The number of ether oxygens (including phenoxy) is 3. The van der Waals surface area contributed by atoms with Crippen molar-refractivity contribution in [2.75, 3.05) is 19.8 Å². The summed E-state index contributed by atoms with van der Waals surface area (Å²) < 4.78 is 15.5. The number of hydrogen-bond donors (Lipinski definition) is 0. The average molecular weight is 322 g/mol. The second kappa shape index (κ2) is 12.5. The van der Waals surface area contributed by atoms with Crippen molar-refractivity contribution in [2.24, 2.45) is 0 Å². The Bertz CT molecular complexity index is 444. The first-order chi connectivity index (χ1) is 11.2. The summed E-state index contributed by atoms with van der Waals surface area (Å²) in [6, 6.07) is 9.34. The van der Waals surface area contributed by atoms with Crippen LogP contribution in [0.15, 0.2) is 30.3 Å². The second-order valence-corrected chi connectivity index (χ2v) is 5.16. The molecule has 0 radical (unpaired) electrons. The zero-order valence-electron chi connectivity index (χ0n) is 13.8. The fraction of sp³-hybridized carbons (Fsp3) is 0.556. The van der Waals surface area contributed by atoms with E-state index in [1.165, 1.54) is 0 Å². The van der Waals surface area contributed by atoms with E-state index in [1.807, 2.05) is 30.3 Å². The molecule has 0 unspecified atom stereocenters. The van der Waals surface area contributed by atoms with Crippen molar-refractivity contribution < 1.29 is 23.8 Å². The van der Waals surface area contributed by atoms with Crippen LogP contribution in [-0.4, -0.2) is 31.8 Å². The molecular formula is C18H26O5. The van der Waals surface area contributed by atoms with Crippen molar-refractivity contribution >= 4 is 11.9 Å². The van der Waals surface area contributed by atoms with E-state index in [1.54, 1.807) is 0 Å². The topological polar surface area (TPSA) is 61.8 Å². The van der Waals surface area contributed by atoms with E-state index in [2.05, 4.69) is 6.92 Å². The molecule has 1 aromatic rings. The molecule has 1 aromatic carbocycles. The largest absolute Gasteiger partial charge is 0.490 e. The maximum Gasteiger partial charge on any atom is 0.305 e. The molecule has 0 aliphatic rings. The first-order valence-electron chi connectivity index (χ1n) is 8.21. The van der Waals surface area contributed by atoms with Gasteiger partial charge in [-0.1, -0.05) is 38.0 Å². The van der Waals surface area contributed by atoms with Gasteiger partial charge in [0.1, 0.15) is 19.0 Å². The third kappa shape index (κ3) is 10.3. The summed E-state index contributed by atoms with van der Waals surface area (Å²) in [4.78, 5) is 22.9. The Morgan fingerprint density at radius 2 is 1.48 bits per heavy atom. The molecule has 5 heteroatoms. The Kier molecular flexibility index (Phi) is 10.3. The van der Waals surface area contributed by atoms with E-state index in [-0.39, 0.29) is 31.4 Å².